The third-order valence-corrected chi connectivity index (χ3v) is 7.99. The number of amides is 2. The molecular formula is C25H26F6N2O4S. The number of hydrogen-bond acceptors (Lipinski definition) is 4. The second-order valence-corrected chi connectivity index (χ2v) is 11.4. The van der Waals surface area contributed by atoms with Crippen molar-refractivity contribution in [2.24, 2.45) is 0 Å². The molecule has 0 spiro atoms. The molecule has 2 aliphatic rings. The van der Waals surface area contributed by atoms with Crippen LogP contribution in [0.3, 0.4) is 0 Å². The summed E-state index contributed by atoms with van der Waals surface area (Å²) >= 11 is 0. The number of unbranched alkanes of at least 4 members (excludes halogenated alkanes) is 3. The Kier molecular flexibility index (Phi) is 8.55. The molecule has 1 saturated carbocycles. The van der Waals surface area contributed by atoms with E-state index in [9.17, 15) is 44.3 Å². The van der Waals surface area contributed by atoms with E-state index >= 15 is 0 Å². The molecule has 1 unspecified atom stereocenters. The maximum atomic E-state index is 14.3. The first-order valence-electron chi connectivity index (χ1n) is 11.9. The second-order valence-electron chi connectivity index (χ2n) is 9.41. The van der Waals surface area contributed by atoms with Crippen LogP contribution in [0.4, 0.5) is 26.3 Å². The normalized spacial score (nSPS) is 20.4. The average Bonchev–Trinajstić information content (AvgIpc) is 3.63. The van der Waals surface area contributed by atoms with Crippen molar-refractivity contribution < 1.29 is 44.3 Å². The number of carbonyl (C=O) groups excluding carboxylic acids is 2. The van der Waals surface area contributed by atoms with Gasteiger partial charge in [0.2, 0.25) is 15.6 Å². The highest BCUT2D eigenvalue weighted by atomic mass is 32.2. The van der Waals surface area contributed by atoms with E-state index in [1.54, 1.807) is 29.1 Å². The summed E-state index contributed by atoms with van der Waals surface area (Å²) in [5.41, 5.74) is -3.30. The van der Waals surface area contributed by atoms with E-state index in [0.717, 1.165) is 5.56 Å². The van der Waals surface area contributed by atoms with Crippen molar-refractivity contribution in [1.29, 1.82) is 0 Å². The first kappa shape index (κ1) is 29.5. The number of halogens is 6. The van der Waals surface area contributed by atoms with Crippen molar-refractivity contribution in [3.05, 3.63) is 41.0 Å². The number of sulfonamides is 1. The van der Waals surface area contributed by atoms with E-state index in [0.29, 0.717) is 12.8 Å². The van der Waals surface area contributed by atoms with Crippen LogP contribution in [-0.2, 0) is 19.6 Å². The average molecular weight is 565 g/mol. The zero-order valence-electron chi connectivity index (χ0n) is 20.4. The summed E-state index contributed by atoms with van der Waals surface area (Å²) in [4.78, 5) is 25.9. The molecule has 1 atom stereocenters. The second kappa shape index (κ2) is 11.0. The van der Waals surface area contributed by atoms with Crippen LogP contribution in [0.2, 0.25) is 0 Å². The molecule has 2 N–H and O–H groups in total. The zero-order chi connectivity index (χ0) is 28.4. The Morgan fingerprint density at radius 2 is 1.71 bits per heavy atom. The Bertz CT molecular complexity index is 1270. The number of aryl methyl sites for hydroxylation is 1. The smallest absolute Gasteiger partial charge is 0.328 e. The summed E-state index contributed by atoms with van der Waals surface area (Å²) < 4.78 is 106. The zero-order valence-corrected chi connectivity index (χ0v) is 21.2. The van der Waals surface area contributed by atoms with Crippen molar-refractivity contribution in [3.63, 3.8) is 0 Å². The Morgan fingerprint density at radius 3 is 2.26 bits per heavy atom. The van der Waals surface area contributed by atoms with Crippen LogP contribution in [-0.4, -0.2) is 43.4 Å². The van der Waals surface area contributed by atoms with Crippen molar-refractivity contribution >= 4 is 27.4 Å². The van der Waals surface area contributed by atoms with Gasteiger partial charge in [0.1, 0.15) is 5.57 Å². The van der Waals surface area contributed by atoms with Gasteiger partial charge in [-0.25, -0.2) is 13.1 Å². The standard InChI is InChI=1S/C25H26F6N2O4S/c1-16-7-9-17(10-8-16)19-15-23(25(29,30)31,13-5-3-2-4-6-14-24(26,27)28)32-21(34)20(19)22(35)33-38(36,37)18-11-12-18/h7-10,18H,2-4,6,11-12,14-15H2,1H3,(H,32,34)(H,33,35). The van der Waals surface area contributed by atoms with E-state index in [1.165, 1.54) is 12.1 Å². The first-order valence-corrected chi connectivity index (χ1v) is 13.4. The van der Waals surface area contributed by atoms with Gasteiger partial charge in [-0.3, -0.25) is 9.59 Å². The molecule has 1 aliphatic carbocycles. The van der Waals surface area contributed by atoms with Crippen LogP contribution in [0.25, 0.3) is 5.57 Å². The molecule has 0 saturated heterocycles. The number of hydrogen-bond donors (Lipinski definition) is 2. The molecule has 1 aliphatic heterocycles. The summed E-state index contributed by atoms with van der Waals surface area (Å²) in [6, 6.07) is 5.96. The highest BCUT2D eigenvalue weighted by Crippen LogP contribution is 2.42. The SMILES string of the molecule is Cc1ccc(C2=C(C(=O)NS(=O)(=O)C3CC3)C(=O)NC(C#CCCCCCC(F)(F)F)(C(F)(F)F)C2)cc1. The highest BCUT2D eigenvalue weighted by Gasteiger charge is 2.58. The summed E-state index contributed by atoms with van der Waals surface area (Å²) in [6.45, 7) is 1.72. The maximum Gasteiger partial charge on any atom is 0.423 e. The lowest BCUT2D eigenvalue weighted by molar-refractivity contribution is -0.180. The third-order valence-electron chi connectivity index (χ3n) is 6.17. The Balaban J connectivity index is 1.94. The monoisotopic (exact) mass is 564 g/mol. The van der Waals surface area contributed by atoms with Crippen LogP contribution in [0.15, 0.2) is 29.8 Å². The maximum absolute atomic E-state index is 14.3. The highest BCUT2D eigenvalue weighted by molar-refractivity contribution is 7.91. The minimum Gasteiger partial charge on any atom is -0.328 e. The minimum atomic E-state index is -5.09. The molecule has 2 amide bonds. The predicted molar refractivity (Wildman–Crippen MR) is 127 cm³/mol. The quantitative estimate of drug-likeness (QED) is 0.207. The van der Waals surface area contributed by atoms with Crippen LogP contribution in [0.1, 0.15) is 62.5 Å². The van der Waals surface area contributed by atoms with Gasteiger partial charge in [0.05, 0.1) is 5.25 Å². The van der Waals surface area contributed by atoms with Crippen molar-refractivity contribution in [2.45, 2.75) is 81.4 Å². The Labute approximate surface area is 216 Å². The molecule has 1 aromatic rings. The fourth-order valence-electron chi connectivity index (χ4n) is 3.92. The lowest BCUT2D eigenvalue weighted by Gasteiger charge is -2.37. The van der Waals surface area contributed by atoms with Gasteiger partial charge in [-0.05, 0) is 43.7 Å². The summed E-state index contributed by atoms with van der Waals surface area (Å²) in [5, 5.41) is 0.957. The van der Waals surface area contributed by atoms with Gasteiger partial charge in [-0.15, -0.1) is 5.92 Å². The van der Waals surface area contributed by atoms with Crippen LogP contribution < -0.4 is 10.0 Å². The van der Waals surface area contributed by atoms with E-state index in [1.807, 2.05) is 5.92 Å². The van der Waals surface area contributed by atoms with Gasteiger partial charge in [-0.1, -0.05) is 42.2 Å². The Hall–Kier alpha value is -3.01. The molecule has 1 aromatic carbocycles. The van der Waals surface area contributed by atoms with Gasteiger partial charge in [0.15, 0.2) is 0 Å². The summed E-state index contributed by atoms with van der Waals surface area (Å²) in [5.74, 6) is 1.60. The van der Waals surface area contributed by atoms with Crippen LogP contribution in [0, 0.1) is 18.8 Å². The van der Waals surface area contributed by atoms with Crippen LogP contribution >= 0.6 is 0 Å². The van der Waals surface area contributed by atoms with Crippen molar-refractivity contribution in [3.8, 4) is 11.8 Å². The Morgan fingerprint density at radius 1 is 1.08 bits per heavy atom. The molecule has 0 radical (unpaired) electrons. The molecule has 38 heavy (non-hydrogen) atoms. The number of rotatable bonds is 8. The van der Waals surface area contributed by atoms with Crippen molar-refractivity contribution in [2.75, 3.05) is 0 Å². The summed E-state index contributed by atoms with van der Waals surface area (Å²) in [6.07, 6.45) is -10.8. The van der Waals surface area contributed by atoms with Gasteiger partial charge in [-0.2, -0.15) is 26.3 Å². The molecule has 3 rings (SSSR count). The molecular weight excluding hydrogens is 538 g/mol. The van der Waals surface area contributed by atoms with Crippen LogP contribution in [0.5, 0.6) is 0 Å². The number of nitrogens with one attached hydrogen (secondary N) is 2. The number of benzene rings is 1. The van der Waals surface area contributed by atoms with Gasteiger partial charge >= 0.3 is 12.4 Å². The number of carbonyl (C=O) groups is 2. The molecule has 1 heterocycles. The van der Waals surface area contributed by atoms with E-state index in [-0.39, 0.29) is 36.8 Å². The molecule has 6 nitrogen and oxygen atoms in total. The van der Waals surface area contributed by atoms with Gasteiger partial charge < -0.3 is 5.32 Å². The molecule has 0 aromatic heterocycles. The fraction of sp³-hybridized carbons (Fsp3) is 0.520. The fourth-order valence-corrected chi connectivity index (χ4v) is 5.20. The molecule has 1 fully saturated rings. The lowest BCUT2D eigenvalue weighted by Crippen LogP contribution is -2.61. The van der Waals surface area contributed by atoms with Gasteiger partial charge in [0.25, 0.3) is 11.8 Å². The molecule has 208 valence electrons. The molecule has 0 bridgehead atoms. The van der Waals surface area contributed by atoms with Gasteiger partial charge in [0, 0.05) is 19.3 Å². The lowest BCUT2D eigenvalue weighted by atomic mass is 9.80. The largest absolute Gasteiger partial charge is 0.423 e. The predicted octanol–water partition coefficient (Wildman–Crippen LogP) is 4.69. The third kappa shape index (κ3) is 7.30. The minimum absolute atomic E-state index is 0.105. The van der Waals surface area contributed by atoms with Crippen molar-refractivity contribution in [1.82, 2.24) is 10.0 Å². The topological polar surface area (TPSA) is 92.3 Å². The van der Waals surface area contributed by atoms with E-state index in [4.69, 9.17) is 0 Å². The van der Waals surface area contributed by atoms with E-state index < -0.39 is 63.4 Å². The number of alkyl halides is 6. The molecule has 13 heteroatoms. The van der Waals surface area contributed by atoms with E-state index in [2.05, 4.69) is 5.92 Å². The first-order chi connectivity index (χ1) is 17.5. The summed E-state index contributed by atoms with van der Waals surface area (Å²) in [7, 11) is -4.10.